The minimum Gasteiger partial charge on any atom is -0.378 e. The molecule has 2 N–H and O–H groups in total. The third-order valence-electron chi connectivity index (χ3n) is 4.71. The van der Waals surface area contributed by atoms with Crippen molar-refractivity contribution in [2.45, 2.75) is 6.92 Å². The highest BCUT2D eigenvalue weighted by atomic mass is 35.5. The zero-order chi connectivity index (χ0) is 21.1. The van der Waals surface area contributed by atoms with Crippen molar-refractivity contribution in [2.75, 3.05) is 68.1 Å². The van der Waals surface area contributed by atoms with Crippen LogP contribution in [0.2, 0.25) is 5.02 Å². The highest BCUT2D eigenvalue weighted by Crippen LogP contribution is 2.37. The first-order valence-corrected chi connectivity index (χ1v) is 11.4. The first kappa shape index (κ1) is 21.2. The molecule has 10 nitrogen and oxygen atoms in total. The number of carbonyl (C=O) groups excluding carboxylic acids is 2. The summed E-state index contributed by atoms with van der Waals surface area (Å²) in [6.07, 6.45) is 0. The van der Waals surface area contributed by atoms with Gasteiger partial charge in [-0.15, -0.1) is 21.5 Å². The number of nitrogens with one attached hydrogen (secondary N) is 2. The molecule has 2 aliphatic rings. The number of halogens is 1. The topological polar surface area (TPSA) is 109 Å². The molecule has 0 aromatic carbocycles. The molecule has 4 heterocycles. The number of rotatable bonds is 4. The zero-order valence-electron chi connectivity index (χ0n) is 16.3. The zero-order valence-corrected chi connectivity index (χ0v) is 18.7. The fourth-order valence-corrected chi connectivity index (χ4v) is 5.24. The van der Waals surface area contributed by atoms with Crippen molar-refractivity contribution in [2.24, 2.45) is 0 Å². The van der Waals surface area contributed by atoms with Gasteiger partial charge in [-0.05, 0) is 6.92 Å². The van der Waals surface area contributed by atoms with Crippen LogP contribution in [-0.4, -0.2) is 79.6 Å². The Morgan fingerprint density at radius 2 is 1.67 bits per heavy atom. The highest BCUT2D eigenvalue weighted by Gasteiger charge is 2.26. The molecule has 2 aromatic heterocycles. The average molecular weight is 473 g/mol. The lowest BCUT2D eigenvalue weighted by molar-refractivity contribution is 0.0306. The van der Waals surface area contributed by atoms with E-state index >= 15 is 0 Å². The second kappa shape index (κ2) is 9.43. The van der Waals surface area contributed by atoms with Gasteiger partial charge in [0.1, 0.15) is 9.88 Å². The Labute approximate surface area is 186 Å². The Morgan fingerprint density at radius 3 is 2.37 bits per heavy atom. The summed E-state index contributed by atoms with van der Waals surface area (Å²) in [5.41, 5.74) is 0.652. The predicted molar refractivity (Wildman–Crippen MR) is 116 cm³/mol. The number of nitrogens with zero attached hydrogens (tertiary/aromatic N) is 4. The number of urea groups is 1. The predicted octanol–water partition coefficient (Wildman–Crippen LogP) is 2.51. The van der Waals surface area contributed by atoms with E-state index in [0.29, 0.717) is 65.1 Å². The molecule has 0 spiro atoms. The Kier molecular flexibility index (Phi) is 6.68. The molecule has 2 aromatic rings. The van der Waals surface area contributed by atoms with Gasteiger partial charge in [0.25, 0.3) is 5.91 Å². The van der Waals surface area contributed by atoms with Crippen LogP contribution in [-0.2, 0) is 9.47 Å². The third kappa shape index (κ3) is 4.67. The van der Waals surface area contributed by atoms with E-state index in [0.717, 1.165) is 29.6 Å². The molecule has 13 heteroatoms. The molecule has 0 radical (unpaired) electrons. The van der Waals surface area contributed by atoms with E-state index in [4.69, 9.17) is 21.1 Å². The maximum Gasteiger partial charge on any atom is 0.326 e. The van der Waals surface area contributed by atoms with Gasteiger partial charge in [-0.3, -0.25) is 15.4 Å². The SMILES string of the molecule is Cc1c(NC(=O)Nc2nnc(N3CCOCC3)s2)sc(C(=O)N2CCOCC2)c1Cl. The van der Waals surface area contributed by atoms with Gasteiger partial charge in [0.05, 0.1) is 31.5 Å². The molecule has 0 bridgehead atoms. The van der Waals surface area contributed by atoms with Gasteiger partial charge in [0.15, 0.2) is 0 Å². The number of amides is 3. The Balaban J connectivity index is 1.40. The minimum atomic E-state index is -0.467. The van der Waals surface area contributed by atoms with Crippen molar-refractivity contribution in [3.8, 4) is 0 Å². The summed E-state index contributed by atoms with van der Waals surface area (Å²) < 4.78 is 10.6. The van der Waals surface area contributed by atoms with E-state index in [1.807, 2.05) is 0 Å². The molecule has 0 aliphatic carbocycles. The lowest BCUT2D eigenvalue weighted by Gasteiger charge is -2.26. The Bertz CT molecular complexity index is 923. The smallest absolute Gasteiger partial charge is 0.326 e. The monoisotopic (exact) mass is 472 g/mol. The van der Waals surface area contributed by atoms with Crippen LogP contribution in [0.15, 0.2) is 0 Å². The fraction of sp³-hybridized carbons (Fsp3) is 0.529. The summed E-state index contributed by atoms with van der Waals surface area (Å²) >= 11 is 8.84. The number of anilines is 3. The summed E-state index contributed by atoms with van der Waals surface area (Å²) in [4.78, 5) is 29.4. The molecule has 162 valence electrons. The van der Waals surface area contributed by atoms with Crippen molar-refractivity contribution < 1.29 is 19.1 Å². The summed E-state index contributed by atoms with van der Waals surface area (Å²) in [7, 11) is 0. The maximum atomic E-state index is 12.8. The molecule has 0 unspecified atom stereocenters. The number of thiophene rings is 1. The van der Waals surface area contributed by atoms with Gasteiger partial charge in [0, 0.05) is 31.7 Å². The summed E-state index contributed by atoms with van der Waals surface area (Å²) in [5, 5.41) is 15.6. The molecule has 30 heavy (non-hydrogen) atoms. The van der Waals surface area contributed by atoms with Crippen LogP contribution >= 0.6 is 34.3 Å². The number of ether oxygens (including phenoxy) is 2. The van der Waals surface area contributed by atoms with Gasteiger partial charge >= 0.3 is 6.03 Å². The molecular weight excluding hydrogens is 452 g/mol. The number of hydrogen-bond acceptors (Lipinski definition) is 9. The van der Waals surface area contributed by atoms with Gasteiger partial charge in [0.2, 0.25) is 10.3 Å². The van der Waals surface area contributed by atoms with Gasteiger partial charge in [-0.1, -0.05) is 22.9 Å². The lowest BCUT2D eigenvalue weighted by atomic mass is 10.3. The number of hydrogen-bond donors (Lipinski definition) is 2. The number of carbonyl (C=O) groups is 2. The molecule has 3 amide bonds. The van der Waals surface area contributed by atoms with E-state index in [9.17, 15) is 9.59 Å². The molecule has 2 saturated heterocycles. The van der Waals surface area contributed by atoms with Crippen molar-refractivity contribution in [3.63, 3.8) is 0 Å². The van der Waals surface area contributed by atoms with E-state index in [1.165, 1.54) is 11.3 Å². The number of morpholine rings is 2. The molecular formula is C17H21ClN6O4S2. The van der Waals surface area contributed by atoms with Crippen LogP contribution in [0.1, 0.15) is 15.2 Å². The maximum absolute atomic E-state index is 12.8. The normalized spacial score (nSPS) is 17.1. The van der Waals surface area contributed by atoms with E-state index in [2.05, 4.69) is 25.7 Å². The summed E-state index contributed by atoms with van der Waals surface area (Å²) in [6.45, 7) is 6.62. The van der Waals surface area contributed by atoms with E-state index < -0.39 is 6.03 Å². The lowest BCUT2D eigenvalue weighted by Crippen LogP contribution is -2.40. The molecule has 4 rings (SSSR count). The van der Waals surface area contributed by atoms with Crippen molar-refractivity contribution in [1.29, 1.82) is 0 Å². The van der Waals surface area contributed by atoms with E-state index in [1.54, 1.807) is 11.8 Å². The standard InChI is InChI=1S/C17H21ClN6O4S2/c1-10-11(18)12(14(25)23-2-6-27-7-3-23)29-13(10)19-15(26)20-16-21-22-17(30-16)24-4-8-28-9-5-24/h2-9H2,1H3,(H2,19,20,21,26). The van der Waals surface area contributed by atoms with E-state index in [-0.39, 0.29) is 5.91 Å². The molecule has 0 atom stereocenters. The van der Waals surface area contributed by atoms with Gasteiger partial charge in [-0.2, -0.15) is 0 Å². The Hall–Kier alpha value is -1.99. The van der Waals surface area contributed by atoms with Crippen LogP contribution in [0, 0.1) is 6.92 Å². The first-order valence-electron chi connectivity index (χ1n) is 9.43. The van der Waals surface area contributed by atoms with Crippen molar-refractivity contribution in [3.05, 3.63) is 15.5 Å². The quantitative estimate of drug-likeness (QED) is 0.703. The molecule has 2 aliphatic heterocycles. The first-order chi connectivity index (χ1) is 14.5. The van der Waals surface area contributed by atoms with Gasteiger partial charge in [-0.25, -0.2) is 4.79 Å². The second-order valence-corrected chi connectivity index (χ2v) is 9.03. The fourth-order valence-electron chi connectivity index (χ4n) is 3.04. The average Bonchev–Trinajstić information content (AvgIpc) is 3.34. The highest BCUT2D eigenvalue weighted by molar-refractivity contribution is 7.19. The Morgan fingerprint density at radius 1 is 1.00 bits per heavy atom. The minimum absolute atomic E-state index is 0.149. The van der Waals surface area contributed by atoms with Crippen LogP contribution in [0.3, 0.4) is 0 Å². The second-order valence-electron chi connectivity index (χ2n) is 6.67. The van der Waals surface area contributed by atoms with Crippen LogP contribution in [0.5, 0.6) is 0 Å². The number of aromatic nitrogens is 2. The van der Waals surface area contributed by atoms with Crippen molar-refractivity contribution in [1.82, 2.24) is 15.1 Å². The van der Waals surface area contributed by atoms with Gasteiger partial charge < -0.3 is 19.3 Å². The van der Waals surface area contributed by atoms with Crippen LogP contribution in [0.4, 0.5) is 20.1 Å². The summed E-state index contributed by atoms with van der Waals surface area (Å²) in [5.74, 6) is -0.149. The van der Waals surface area contributed by atoms with Crippen molar-refractivity contribution >= 4 is 61.5 Å². The molecule has 2 fully saturated rings. The summed E-state index contributed by atoms with van der Waals surface area (Å²) in [6, 6.07) is -0.467. The largest absolute Gasteiger partial charge is 0.378 e. The third-order valence-corrected chi connectivity index (χ3v) is 7.39. The van der Waals surface area contributed by atoms with Crippen LogP contribution < -0.4 is 15.5 Å². The molecule has 0 saturated carbocycles. The van der Waals surface area contributed by atoms with Crippen LogP contribution in [0.25, 0.3) is 0 Å².